The van der Waals surface area contributed by atoms with Gasteiger partial charge < -0.3 is 0 Å². The van der Waals surface area contributed by atoms with Crippen LogP contribution in [0.4, 0.5) is 0 Å². The van der Waals surface area contributed by atoms with Crippen LogP contribution in [0.3, 0.4) is 0 Å². The van der Waals surface area contributed by atoms with Crippen LogP contribution in [0, 0.1) is 5.41 Å². The number of benzene rings is 1. The Morgan fingerprint density at radius 1 is 1.17 bits per heavy atom. The number of rotatable bonds is 3. The van der Waals surface area contributed by atoms with E-state index in [0.717, 1.165) is 23.5 Å². The molecule has 0 amide bonds. The summed E-state index contributed by atoms with van der Waals surface area (Å²) in [6.45, 7) is 4.60. The van der Waals surface area contributed by atoms with Crippen LogP contribution in [0.25, 0.3) is 0 Å². The molecule has 2 rings (SSSR count). The van der Waals surface area contributed by atoms with Gasteiger partial charge >= 0.3 is 0 Å². The summed E-state index contributed by atoms with van der Waals surface area (Å²) in [6.07, 6.45) is 4.41. The standard InChI is InChI=1S/C15H18S2.CH4/c1-15(2)9-13(16)8-14(10-15)17-11-12-6-4-3-5-7-12;/h3-8H,9-11H2,1-2H3;1H4. The zero-order valence-corrected chi connectivity index (χ0v) is 12.0. The summed E-state index contributed by atoms with van der Waals surface area (Å²) in [5.41, 5.74) is 1.72. The summed E-state index contributed by atoms with van der Waals surface area (Å²) in [7, 11) is 0. The maximum atomic E-state index is 5.37. The number of hydrogen-bond acceptors (Lipinski definition) is 2. The van der Waals surface area contributed by atoms with Gasteiger partial charge in [0.05, 0.1) is 0 Å². The molecule has 2 heteroatoms. The molecule has 0 atom stereocenters. The van der Waals surface area contributed by atoms with Crippen LogP contribution in [0.1, 0.15) is 39.7 Å². The van der Waals surface area contributed by atoms with Crippen molar-refractivity contribution in [3.05, 3.63) is 46.9 Å². The lowest BCUT2D eigenvalue weighted by Gasteiger charge is -2.29. The van der Waals surface area contributed by atoms with E-state index >= 15 is 0 Å². The molecule has 0 bridgehead atoms. The molecule has 18 heavy (non-hydrogen) atoms. The highest BCUT2D eigenvalue weighted by molar-refractivity contribution is 8.02. The summed E-state index contributed by atoms with van der Waals surface area (Å²) < 4.78 is 0. The van der Waals surface area contributed by atoms with E-state index in [4.69, 9.17) is 12.2 Å². The van der Waals surface area contributed by atoms with Crippen LogP contribution in [0.5, 0.6) is 0 Å². The summed E-state index contributed by atoms with van der Waals surface area (Å²) in [5.74, 6) is 1.05. The molecule has 0 N–H and O–H groups in total. The minimum atomic E-state index is 0. The van der Waals surface area contributed by atoms with E-state index in [0.29, 0.717) is 5.41 Å². The third-order valence-electron chi connectivity index (χ3n) is 2.89. The minimum Gasteiger partial charge on any atom is -0.126 e. The van der Waals surface area contributed by atoms with Crippen molar-refractivity contribution in [1.82, 2.24) is 0 Å². The first-order valence-corrected chi connectivity index (χ1v) is 7.35. The first-order chi connectivity index (χ1) is 8.05. The highest BCUT2D eigenvalue weighted by Crippen LogP contribution is 2.39. The second-order valence-corrected chi connectivity index (χ2v) is 7.00. The zero-order valence-electron chi connectivity index (χ0n) is 10.4. The Balaban J connectivity index is 0.00000162. The van der Waals surface area contributed by atoms with E-state index in [1.165, 1.54) is 10.5 Å². The van der Waals surface area contributed by atoms with Gasteiger partial charge in [-0.15, -0.1) is 11.8 Å². The summed E-state index contributed by atoms with van der Waals surface area (Å²) in [5, 5.41) is 0. The third kappa shape index (κ3) is 4.58. The number of hydrogen-bond donors (Lipinski definition) is 0. The Labute approximate surface area is 121 Å². The molecule has 0 aliphatic heterocycles. The van der Waals surface area contributed by atoms with Gasteiger partial charge in [0.2, 0.25) is 0 Å². The molecule has 1 aromatic carbocycles. The topological polar surface area (TPSA) is 0 Å². The van der Waals surface area contributed by atoms with Crippen molar-refractivity contribution < 1.29 is 0 Å². The van der Waals surface area contributed by atoms with E-state index in [1.54, 1.807) is 0 Å². The lowest BCUT2D eigenvalue weighted by molar-refractivity contribution is 0.383. The predicted molar refractivity (Wildman–Crippen MR) is 88.2 cm³/mol. The van der Waals surface area contributed by atoms with E-state index < -0.39 is 0 Å². The largest absolute Gasteiger partial charge is 0.126 e. The summed E-state index contributed by atoms with van der Waals surface area (Å²) in [6, 6.07) is 10.6. The van der Waals surface area contributed by atoms with Gasteiger partial charge in [-0.2, -0.15) is 0 Å². The molecule has 98 valence electrons. The minimum absolute atomic E-state index is 0. The Morgan fingerprint density at radius 2 is 1.83 bits per heavy atom. The van der Waals surface area contributed by atoms with Crippen LogP contribution in [-0.4, -0.2) is 4.86 Å². The molecule has 1 aliphatic rings. The van der Waals surface area contributed by atoms with Crippen molar-refractivity contribution in [2.45, 2.75) is 39.9 Å². The molecule has 0 saturated heterocycles. The smallest absolute Gasteiger partial charge is 0.0228 e. The van der Waals surface area contributed by atoms with Crippen LogP contribution in [0.2, 0.25) is 0 Å². The fourth-order valence-electron chi connectivity index (χ4n) is 2.13. The summed E-state index contributed by atoms with van der Waals surface area (Å²) >= 11 is 7.30. The van der Waals surface area contributed by atoms with Crippen molar-refractivity contribution in [2.24, 2.45) is 5.41 Å². The third-order valence-corrected chi connectivity index (χ3v) is 4.27. The quantitative estimate of drug-likeness (QED) is 0.657. The second-order valence-electron chi connectivity index (χ2n) is 5.37. The Kier molecular flexibility index (Phi) is 5.61. The highest BCUT2D eigenvalue weighted by Gasteiger charge is 2.25. The van der Waals surface area contributed by atoms with E-state index in [2.05, 4.69) is 50.3 Å². The molecule has 0 fully saturated rings. The van der Waals surface area contributed by atoms with Gasteiger partial charge in [0.25, 0.3) is 0 Å². The van der Waals surface area contributed by atoms with Crippen molar-refractivity contribution in [1.29, 1.82) is 0 Å². The van der Waals surface area contributed by atoms with Gasteiger partial charge in [0.1, 0.15) is 0 Å². The van der Waals surface area contributed by atoms with Crippen LogP contribution < -0.4 is 0 Å². The Bertz CT molecular complexity index is 430. The molecule has 0 saturated carbocycles. The van der Waals surface area contributed by atoms with Gasteiger partial charge in [-0.05, 0) is 34.8 Å². The van der Waals surface area contributed by atoms with Crippen molar-refractivity contribution in [3.8, 4) is 0 Å². The average Bonchev–Trinajstić information content (AvgIpc) is 2.25. The molecule has 1 aromatic rings. The molecule has 0 nitrogen and oxygen atoms in total. The van der Waals surface area contributed by atoms with Gasteiger partial charge in [0.15, 0.2) is 0 Å². The van der Waals surface area contributed by atoms with Crippen molar-refractivity contribution >= 4 is 28.8 Å². The van der Waals surface area contributed by atoms with Crippen molar-refractivity contribution in [2.75, 3.05) is 0 Å². The molecule has 0 spiro atoms. The number of allylic oxidation sites excluding steroid dienone is 2. The summed E-state index contributed by atoms with van der Waals surface area (Å²) in [4.78, 5) is 2.55. The molecular weight excluding hydrogens is 256 g/mol. The fraction of sp³-hybridized carbons (Fsp3) is 0.438. The lowest BCUT2D eigenvalue weighted by atomic mass is 9.81. The highest BCUT2D eigenvalue weighted by atomic mass is 32.2. The normalized spacial score (nSPS) is 17.9. The number of thioether (sulfide) groups is 1. The Hall–Kier alpha value is -0.600. The second kappa shape index (κ2) is 6.53. The predicted octanol–water partition coefficient (Wildman–Crippen LogP) is 5.63. The number of thiocarbonyl (C=S) groups is 1. The van der Waals surface area contributed by atoms with Crippen LogP contribution >= 0.6 is 24.0 Å². The zero-order chi connectivity index (χ0) is 12.3. The maximum absolute atomic E-state index is 5.37. The van der Waals surface area contributed by atoms with Gasteiger partial charge in [0, 0.05) is 10.6 Å². The van der Waals surface area contributed by atoms with Crippen molar-refractivity contribution in [3.63, 3.8) is 0 Å². The van der Waals surface area contributed by atoms with Crippen LogP contribution in [0.15, 0.2) is 41.3 Å². The van der Waals surface area contributed by atoms with E-state index in [1.807, 2.05) is 11.8 Å². The first-order valence-electron chi connectivity index (χ1n) is 5.95. The molecule has 0 aromatic heterocycles. The Morgan fingerprint density at radius 3 is 2.44 bits per heavy atom. The molecule has 0 unspecified atom stereocenters. The van der Waals surface area contributed by atoms with E-state index in [9.17, 15) is 0 Å². The van der Waals surface area contributed by atoms with Gasteiger partial charge in [-0.25, -0.2) is 0 Å². The van der Waals surface area contributed by atoms with Gasteiger partial charge in [-0.1, -0.05) is 63.8 Å². The SMILES string of the molecule is C.CC1(C)CC(=S)C=C(SCc2ccccc2)C1. The fourth-order valence-corrected chi connectivity index (χ4v) is 4.00. The first kappa shape index (κ1) is 15.5. The maximum Gasteiger partial charge on any atom is 0.0228 e. The molecule has 1 aliphatic carbocycles. The molecular formula is C16H22S2. The molecule has 0 radical (unpaired) electrons. The monoisotopic (exact) mass is 278 g/mol. The average molecular weight is 278 g/mol. The van der Waals surface area contributed by atoms with Gasteiger partial charge in [-0.3, -0.25) is 0 Å². The van der Waals surface area contributed by atoms with E-state index in [-0.39, 0.29) is 7.43 Å². The molecule has 0 heterocycles. The van der Waals surface area contributed by atoms with Crippen LogP contribution in [-0.2, 0) is 5.75 Å². The lowest BCUT2D eigenvalue weighted by Crippen LogP contribution is -2.20.